The van der Waals surface area contributed by atoms with Crippen LogP contribution in [-0.4, -0.2) is 53.0 Å². The topological polar surface area (TPSA) is 125 Å². The largest absolute Gasteiger partial charge is 0.492 e. The van der Waals surface area contributed by atoms with Crippen LogP contribution in [0, 0.1) is 11.3 Å². The summed E-state index contributed by atoms with van der Waals surface area (Å²) in [6, 6.07) is 16.7. The number of nitrogens with one attached hydrogen (secondary N) is 2. The van der Waals surface area contributed by atoms with Crippen molar-refractivity contribution in [2.24, 2.45) is 0 Å². The van der Waals surface area contributed by atoms with E-state index in [1.54, 1.807) is 36.7 Å². The molecule has 10 nitrogen and oxygen atoms in total. The number of benzene rings is 2. The zero-order valence-corrected chi connectivity index (χ0v) is 25.5. The SMILES string of the molecule is CCOc1cc2ncc(C#N)c(Nc3ccc(OCc4cnc5cccnc5c4)c(Cl)c3)c2cc1NC(=O)CCCN(C)C. The Labute approximate surface area is 260 Å². The summed E-state index contributed by atoms with van der Waals surface area (Å²) in [5.74, 6) is 0.884. The number of anilines is 3. The highest BCUT2D eigenvalue weighted by Crippen LogP contribution is 2.37. The maximum atomic E-state index is 12.8. The first-order valence-corrected chi connectivity index (χ1v) is 14.6. The van der Waals surface area contributed by atoms with Crippen molar-refractivity contribution < 1.29 is 14.3 Å². The van der Waals surface area contributed by atoms with Gasteiger partial charge in [-0.05, 0) is 76.4 Å². The van der Waals surface area contributed by atoms with Crippen LogP contribution in [0.2, 0.25) is 5.02 Å². The minimum atomic E-state index is -0.121. The second-order valence-electron chi connectivity index (χ2n) is 10.4. The van der Waals surface area contributed by atoms with E-state index in [0.717, 1.165) is 29.6 Å². The number of nitrogens with zero attached hydrogens (tertiary/aromatic N) is 5. The average molecular weight is 610 g/mol. The fourth-order valence-corrected chi connectivity index (χ4v) is 4.89. The molecule has 0 aliphatic rings. The predicted octanol–water partition coefficient (Wildman–Crippen LogP) is 6.70. The molecule has 0 radical (unpaired) electrons. The Hall–Kier alpha value is -4.98. The highest BCUT2D eigenvalue weighted by atomic mass is 35.5. The van der Waals surface area contributed by atoms with Gasteiger partial charge in [0, 0.05) is 47.7 Å². The standard InChI is InChI=1S/C33H32ClN7O3/c1-4-43-31-16-27-24(15-29(31)40-32(42)8-6-12-41(2)3)33(22(17-35)19-38-27)39-23-9-10-30(25(34)14-23)44-20-21-13-28-26(37-18-21)7-5-11-36-28/h5,7,9-11,13-16,18-19H,4,6,8,12,20H2,1-3H3,(H,38,39)(H,40,42). The third-order valence-electron chi connectivity index (χ3n) is 6.78. The van der Waals surface area contributed by atoms with E-state index in [2.05, 4.69) is 31.7 Å². The lowest BCUT2D eigenvalue weighted by atomic mass is 10.1. The first-order valence-electron chi connectivity index (χ1n) is 14.2. The number of pyridine rings is 3. The number of hydrogen-bond donors (Lipinski definition) is 2. The van der Waals surface area contributed by atoms with Crippen LogP contribution in [0.1, 0.15) is 30.9 Å². The van der Waals surface area contributed by atoms with Gasteiger partial charge in [-0.25, -0.2) is 0 Å². The minimum absolute atomic E-state index is 0.121. The molecule has 1 amide bonds. The Kier molecular flexibility index (Phi) is 9.69. The van der Waals surface area contributed by atoms with E-state index >= 15 is 0 Å². The fraction of sp³-hybridized carbons (Fsp3) is 0.242. The summed E-state index contributed by atoms with van der Waals surface area (Å²) in [5.41, 5.74) is 5.09. The van der Waals surface area contributed by atoms with E-state index < -0.39 is 0 Å². The second-order valence-corrected chi connectivity index (χ2v) is 10.8. The van der Waals surface area contributed by atoms with Crippen molar-refractivity contribution in [2.45, 2.75) is 26.4 Å². The number of carbonyl (C=O) groups excluding carboxylic acids is 1. The van der Waals surface area contributed by atoms with Gasteiger partial charge >= 0.3 is 0 Å². The molecule has 224 valence electrons. The zero-order chi connectivity index (χ0) is 31.1. The summed E-state index contributed by atoms with van der Waals surface area (Å²) in [6.07, 6.45) is 6.07. The Morgan fingerprint density at radius 2 is 1.84 bits per heavy atom. The van der Waals surface area contributed by atoms with E-state index in [-0.39, 0.29) is 12.5 Å². The molecular weight excluding hydrogens is 578 g/mol. The highest BCUT2D eigenvalue weighted by molar-refractivity contribution is 6.32. The number of aromatic nitrogens is 3. The van der Waals surface area contributed by atoms with Crippen LogP contribution in [0.4, 0.5) is 17.1 Å². The van der Waals surface area contributed by atoms with Gasteiger partial charge in [0.2, 0.25) is 5.91 Å². The van der Waals surface area contributed by atoms with Crippen LogP contribution in [0.15, 0.2) is 67.1 Å². The summed E-state index contributed by atoms with van der Waals surface area (Å²) >= 11 is 6.61. The van der Waals surface area contributed by atoms with Crippen LogP contribution in [0.25, 0.3) is 21.9 Å². The molecule has 11 heteroatoms. The van der Waals surface area contributed by atoms with Crippen molar-refractivity contribution in [1.29, 1.82) is 5.26 Å². The van der Waals surface area contributed by atoms with E-state index in [9.17, 15) is 10.1 Å². The molecule has 0 aliphatic carbocycles. The van der Waals surface area contributed by atoms with Gasteiger partial charge in [0.1, 0.15) is 24.2 Å². The van der Waals surface area contributed by atoms with Gasteiger partial charge < -0.3 is 25.0 Å². The molecular formula is C33H32ClN7O3. The lowest BCUT2D eigenvalue weighted by molar-refractivity contribution is -0.116. The van der Waals surface area contributed by atoms with Gasteiger partial charge in [-0.1, -0.05) is 11.6 Å². The van der Waals surface area contributed by atoms with Gasteiger partial charge in [-0.15, -0.1) is 0 Å². The maximum absolute atomic E-state index is 12.8. The Bertz CT molecular complexity index is 1860. The monoisotopic (exact) mass is 609 g/mol. The molecule has 2 aromatic carbocycles. The first kappa shape index (κ1) is 30.5. The molecule has 5 aromatic rings. The minimum Gasteiger partial charge on any atom is -0.492 e. The summed E-state index contributed by atoms with van der Waals surface area (Å²) in [7, 11) is 3.94. The van der Waals surface area contributed by atoms with Crippen LogP contribution in [0.5, 0.6) is 11.5 Å². The molecule has 3 aromatic heterocycles. The van der Waals surface area contributed by atoms with Crippen molar-refractivity contribution in [2.75, 3.05) is 37.9 Å². The molecule has 0 bridgehead atoms. The van der Waals surface area contributed by atoms with Gasteiger partial charge in [0.05, 0.1) is 45.1 Å². The number of rotatable bonds is 12. The molecule has 5 rings (SSSR count). The van der Waals surface area contributed by atoms with Gasteiger partial charge in [0.15, 0.2) is 0 Å². The smallest absolute Gasteiger partial charge is 0.224 e. The number of amides is 1. The van der Waals surface area contributed by atoms with Crippen molar-refractivity contribution in [3.05, 3.63) is 83.3 Å². The number of fused-ring (bicyclic) bond motifs is 2. The van der Waals surface area contributed by atoms with Gasteiger partial charge in [-0.2, -0.15) is 5.26 Å². The summed E-state index contributed by atoms with van der Waals surface area (Å²) in [6.45, 7) is 3.36. The Morgan fingerprint density at radius 3 is 2.61 bits per heavy atom. The van der Waals surface area contributed by atoms with Gasteiger partial charge in [-0.3, -0.25) is 19.7 Å². The molecule has 3 heterocycles. The molecule has 0 aliphatic heterocycles. The maximum Gasteiger partial charge on any atom is 0.224 e. The van der Waals surface area contributed by atoms with Crippen molar-refractivity contribution in [3.63, 3.8) is 0 Å². The van der Waals surface area contributed by atoms with Crippen molar-refractivity contribution in [1.82, 2.24) is 19.9 Å². The molecule has 0 fully saturated rings. The van der Waals surface area contributed by atoms with E-state index in [0.29, 0.717) is 63.1 Å². The molecule has 0 atom stereocenters. The third kappa shape index (κ3) is 7.32. The Balaban J connectivity index is 1.38. The van der Waals surface area contributed by atoms with E-state index in [1.807, 2.05) is 50.2 Å². The molecule has 0 unspecified atom stereocenters. The van der Waals surface area contributed by atoms with Crippen molar-refractivity contribution >= 4 is 56.5 Å². The molecule has 44 heavy (non-hydrogen) atoms. The lowest BCUT2D eigenvalue weighted by Gasteiger charge is -2.17. The quantitative estimate of drug-likeness (QED) is 0.159. The van der Waals surface area contributed by atoms with Crippen LogP contribution >= 0.6 is 11.6 Å². The van der Waals surface area contributed by atoms with Crippen molar-refractivity contribution in [3.8, 4) is 17.6 Å². The number of carbonyl (C=O) groups is 1. The average Bonchev–Trinajstić information content (AvgIpc) is 3.01. The molecule has 0 saturated carbocycles. The third-order valence-corrected chi connectivity index (χ3v) is 7.07. The molecule has 0 spiro atoms. The lowest BCUT2D eigenvalue weighted by Crippen LogP contribution is -2.17. The van der Waals surface area contributed by atoms with Crippen LogP contribution in [0.3, 0.4) is 0 Å². The second kappa shape index (κ2) is 14.0. The zero-order valence-electron chi connectivity index (χ0n) is 24.7. The van der Waals surface area contributed by atoms with Gasteiger partial charge in [0.25, 0.3) is 0 Å². The summed E-state index contributed by atoms with van der Waals surface area (Å²) in [4.78, 5) is 28.0. The Morgan fingerprint density at radius 1 is 1.00 bits per heavy atom. The summed E-state index contributed by atoms with van der Waals surface area (Å²) < 4.78 is 11.8. The first-order chi connectivity index (χ1) is 21.3. The number of halogens is 1. The predicted molar refractivity (Wildman–Crippen MR) is 173 cm³/mol. The van der Waals surface area contributed by atoms with Crippen LogP contribution in [-0.2, 0) is 11.4 Å². The van der Waals surface area contributed by atoms with E-state index in [4.69, 9.17) is 21.1 Å². The number of nitriles is 1. The fourth-order valence-electron chi connectivity index (χ4n) is 4.66. The highest BCUT2D eigenvalue weighted by Gasteiger charge is 2.16. The number of ether oxygens (including phenoxy) is 2. The summed E-state index contributed by atoms with van der Waals surface area (Å²) in [5, 5.41) is 17.2. The number of hydrogen-bond acceptors (Lipinski definition) is 9. The molecule has 0 saturated heterocycles. The molecule has 2 N–H and O–H groups in total. The van der Waals surface area contributed by atoms with Crippen LogP contribution < -0.4 is 20.1 Å². The normalized spacial score (nSPS) is 11.0. The van der Waals surface area contributed by atoms with E-state index in [1.165, 1.54) is 6.20 Å².